The predicted octanol–water partition coefficient (Wildman–Crippen LogP) is 3.73. The third-order valence-electron chi connectivity index (χ3n) is 5.45. The fourth-order valence-electron chi connectivity index (χ4n) is 3.60. The van der Waals surface area contributed by atoms with Crippen molar-refractivity contribution in [3.63, 3.8) is 0 Å². The molecule has 0 aromatic heterocycles. The molecule has 1 aromatic carbocycles. The zero-order valence-corrected chi connectivity index (χ0v) is 16.7. The second-order valence-electron chi connectivity index (χ2n) is 7.68. The third kappa shape index (κ3) is 8.12. The average molecular weight is 374 g/mol. The van der Waals surface area contributed by atoms with Crippen LogP contribution in [0, 0.1) is 5.92 Å². The van der Waals surface area contributed by atoms with Gasteiger partial charge in [0.2, 0.25) is 11.8 Å². The summed E-state index contributed by atoms with van der Waals surface area (Å²) in [5.41, 5.74) is 7.53. The number of nitrogens with one attached hydrogen (secondary N) is 1. The Morgan fingerprint density at radius 3 is 2.37 bits per heavy atom. The van der Waals surface area contributed by atoms with Crippen LogP contribution in [0.4, 0.5) is 5.69 Å². The number of carbonyl (C=O) groups excluding carboxylic acids is 2. The van der Waals surface area contributed by atoms with Crippen molar-refractivity contribution in [3.8, 4) is 0 Å². The predicted molar refractivity (Wildman–Crippen MR) is 111 cm³/mol. The van der Waals surface area contributed by atoms with E-state index in [1.165, 1.54) is 24.8 Å². The third-order valence-corrected chi connectivity index (χ3v) is 5.45. The summed E-state index contributed by atoms with van der Waals surface area (Å²) in [5, 5.41) is 2.99. The van der Waals surface area contributed by atoms with E-state index in [1.807, 2.05) is 12.1 Å². The van der Waals surface area contributed by atoms with Gasteiger partial charge in [0.25, 0.3) is 0 Å². The SMILES string of the molecule is CCCCCCCC(=O)Nc1ccc(CCN2CCC(C(N)=O)CC2)cc1. The molecule has 1 saturated heterocycles. The molecule has 1 aliphatic rings. The lowest BCUT2D eigenvalue weighted by atomic mass is 9.96. The van der Waals surface area contributed by atoms with Crippen molar-refractivity contribution in [1.82, 2.24) is 4.90 Å². The first kappa shape index (κ1) is 21.4. The first-order chi connectivity index (χ1) is 13.1. The van der Waals surface area contributed by atoms with Gasteiger partial charge < -0.3 is 16.0 Å². The van der Waals surface area contributed by atoms with E-state index >= 15 is 0 Å². The minimum Gasteiger partial charge on any atom is -0.369 e. The number of nitrogens with two attached hydrogens (primary N) is 1. The molecule has 5 heteroatoms. The minimum atomic E-state index is -0.159. The Bertz CT molecular complexity index is 578. The summed E-state index contributed by atoms with van der Waals surface area (Å²) in [6.45, 7) is 5.08. The molecular formula is C22H35N3O2. The van der Waals surface area contributed by atoms with Crippen molar-refractivity contribution in [2.75, 3.05) is 25.0 Å². The second-order valence-corrected chi connectivity index (χ2v) is 7.68. The van der Waals surface area contributed by atoms with Crippen LogP contribution in [0.25, 0.3) is 0 Å². The largest absolute Gasteiger partial charge is 0.369 e. The lowest BCUT2D eigenvalue weighted by Crippen LogP contribution is -2.39. The quantitative estimate of drug-likeness (QED) is 0.580. The highest BCUT2D eigenvalue weighted by atomic mass is 16.2. The van der Waals surface area contributed by atoms with Crippen LogP contribution in [-0.2, 0) is 16.0 Å². The van der Waals surface area contributed by atoms with E-state index < -0.39 is 0 Å². The summed E-state index contributed by atoms with van der Waals surface area (Å²) in [5.74, 6) is 0.000560. The lowest BCUT2D eigenvalue weighted by molar-refractivity contribution is -0.123. The standard InChI is InChI=1S/C22H35N3O2/c1-2-3-4-5-6-7-21(26)24-20-10-8-18(9-11-20)12-15-25-16-13-19(14-17-25)22(23)27/h8-11,19H,2-7,12-17H2,1H3,(H2,23,27)(H,24,26). The summed E-state index contributed by atoms with van der Waals surface area (Å²) in [6.07, 6.45) is 9.14. The maximum absolute atomic E-state index is 12.0. The summed E-state index contributed by atoms with van der Waals surface area (Å²) in [4.78, 5) is 25.6. The van der Waals surface area contributed by atoms with E-state index in [2.05, 4.69) is 29.3 Å². The molecule has 2 rings (SSSR count). The first-order valence-electron chi connectivity index (χ1n) is 10.5. The second kappa shape index (κ2) is 11.8. The van der Waals surface area contributed by atoms with Crippen LogP contribution >= 0.6 is 0 Å². The number of piperidine rings is 1. The number of rotatable bonds is 11. The number of amides is 2. The number of benzene rings is 1. The van der Waals surface area contributed by atoms with Gasteiger partial charge in [-0.15, -0.1) is 0 Å². The van der Waals surface area contributed by atoms with Crippen LogP contribution in [0.3, 0.4) is 0 Å². The van der Waals surface area contributed by atoms with Crippen molar-refractivity contribution < 1.29 is 9.59 Å². The molecule has 2 amide bonds. The Balaban J connectivity index is 1.65. The van der Waals surface area contributed by atoms with Crippen LogP contribution in [0.2, 0.25) is 0 Å². The summed E-state index contributed by atoms with van der Waals surface area (Å²) in [6, 6.07) is 8.16. The van der Waals surface area contributed by atoms with Crippen LogP contribution < -0.4 is 11.1 Å². The van der Waals surface area contributed by atoms with Crippen LogP contribution in [0.15, 0.2) is 24.3 Å². The molecule has 1 aliphatic heterocycles. The van der Waals surface area contributed by atoms with E-state index in [4.69, 9.17) is 5.73 Å². The molecule has 0 radical (unpaired) electrons. The van der Waals surface area contributed by atoms with E-state index in [1.54, 1.807) is 0 Å². The number of likely N-dealkylation sites (tertiary alicyclic amines) is 1. The smallest absolute Gasteiger partial charge is 0.224 e. The number of anilines is 1. The molecule has 1 fully saturated rings. The highest BCUT2D eigenvalue weighted by Crippen LogP contribution is 2.17. The first-order valence-corrected chi connectivity index (χ1v) is 10.5. The number of hydrogen-bond acceptors (Lipinski definition) is 3. The molecule has 0 bridgehead atoms. The number of nitrogens with zero attached hydrogens (tertiary/aromatic N) is 1. The number of primary amides is 1. The number of hydrogen-bond donors (Lipinski definition) is 2. The van der Waals surface area contributed by atoms with Crippen LogP contribution in [0.5, 0.6) is 0 Å². The van der Waals surface area contributed by atoms with Gasteiger partial charge in [-0.25, -0.2) is 0 Å². The van der Waals surface area contributed by atoms with Crippen LogP contribution in [-0.4, -0.2) is 36.3 Å². The molecule has 27 heavy (non-hydrogen) atoms. The van der Waals surface area contributed by atoms with Gasteiger partial charge >= 0.3 is 0 Å². The monoisotopic (exact) mass is 373 g/mol. The fourth-order valence-corrected chi connectivity index (χ4v) is 3.60. The fraction of sp³-hybridized carbons (Fsp3) is 0.636. The van der Waals surface area contributed by atoms with E-state index in [-0.39, 0.29) is 17.7 Å². The van der Waals surface area contributed by atoms with Crippen molar-refractivity contribution in [2.45, 2.75) is 64.7 Å². The van der Waals surface area contributed by atoms with Gasteiger partial charge in [0.05, 0.1) is 0 Å². The van der Waals surface area contributed by atoms with E-state index in [0.717, 1.165) is 57.4 Å². The van der Waals surface area contributed by atoms with Gasteiger partial charge in [0.15, 0.2) is 0 Å². The molecule has 1 aromatic rings. The van der Waals surface area contributed by atoms with Crippen molar-refractivity contribution in [2.24, 2.45) is 11.7 Å². The van der Waals surface area contributed by atoms with Crippen LogP contribution in [0.1, 0.15) is 63.9 Å². The Labute approximate surface area is 163 Å². The van der Waals surface area contributed by atoms with Crippen molar-refractivity contribution in [1.29, 1.82) is 0 Å². The molecule has 5 nitrogen and oxygen atoms in total. The summed E-state index contributed by atoms with van der Waals surface area (Å²) < 4.78 is 0. The Hall–Kier alpha value is -1.88. The van der Waals surface area contributed by atoms with E-state index in [0.29, 0.717) is 6.42 Å². The van der Waals surface area contributed by atoms with Gasteiger partial charge in [0, 0.05) is 24.6 Å². The van der Waals surface area contributed by atoms with Gasteiger partial charge in [-0.3, -0.25) is 9.59 Å². The topological polar surface area (TPSA) is 75.4 Å². The Morgan fingerprint density at radius 1 is 1.07 bits per heavy atom. The van der Waals surface area contributed by atoms with Crippen molar-refractivity contribution in [3.05, 3.63) is 29.8 Å². The molecule has 1 heterocycles. The molecule has 3 N–H and O–H groups in total. The minimum absolute atomic E-state index is 0.0517. The maximum atomic E-state index is 12.0. The lowest BCUT2D eigenvalue weighted by Gasteiger charge is -2.30. The molecule has 0 aliphatic carbocycles. The Kier molecular flexibility index (Phi) is 9.32. The van der Waals surface area contributed by atoms with Gasteiger partial charge in [-0.1, -0.05) is 44.7 Å². The van der Waals surface area contributed by atoms with E-state index in [9.17, 15) is 9.59 Å². The molecule has 0 spiro atoms. The summed E-state index contributed by atoms with van der Waals surface area (Å²) in [7, 11) is 0. The van der Waals surface area contributed by atoms with Gasteiger partial charge in [0.1, 0.15) is 0 Å². The van der Waals surface area contributed by atoms with Crippen molar-refractivity contribution >= 4 is 17.5 Å². The molecule has 150 valence electrons. The molecule has 0 saturated carbocycles. The molecule has 0 atom stereocenters. The van der Waals surface area contributed by atoms with Gasteiger partial charge in [-0.05, 0) is 56.5 Å². The summed E-state index contributed by atoms with van der Waals surface area (Å²) >= 11 is 0. The molecule has 0 unspecified atom stereocenters. The highest BCUT2D eigenvalue weighted by molar-refractivity contribution is 5.90. The normalized spacial score (nSPS) is 15.6. The average Bonchev–Trinajstić information content (AvgIpc) is 2.67. The number of unbranched alkanes of at least 4 members (excludes halogenated alkanes) is 4. The number of carbonyl (C=O) groups is 2. The molecular weight excluding hydrogens is 338 g/mol. The van der Waals surface area contributed by atoms with Gasteiger partial charge in [-0.2, -0.15) is 0 Å². The zero-order valence-electron chi connectivity index (χ0n) is 16.7. The maximum Gasteiger partial charge on any atom is 0.224 e. The highest BCUT2D eigenvalue weighted by Gasteiger charge is 2.22. The zero-order chi connectivity index (χ0) is 19.5. The Morgan fingerprint density at radius 2 is 1.74 bits per heavy atom.